The van der Waals surface area contributed by atoms with E-state index in [1.807, 2.05) is 50.2 Å². The van der Waals surface area contributed by atoms with Crippen LogP contribution in [0.25, 0.3) is 21.6 Å². The summed E-state index contributed by atoms with van der Waals surface area (Å²) in [5.74, 6) is -0.0351. The molecule has 0 saturated carbocycles. The minimum absolute atomic E-state index is 0.208. The molecule has 0 fully saturated rings. The van der Waals surface area contributed by atoms with Crippen molar-refractivity contribution in [1.82, 2.24) is 9.55 Å². The van der Waals surface area contributed by atoms with Crippen LogP contribution in [0.15, 0.2) is 41.2 Å². The molecule has 0 bridgehead atoms. The van der Waals surface area contributed by atoms with E-state index in [9.17, 15) is 9.59 Å². The number of hydrogen-bond acceptors (Lipinski definition) is 4. The lowest BCUT2D eigenvalue weighted by atomic mass is 10.1. The molecule has 0 radical (unpaired) electrons. The second kappa shape index (κ2) is 6.57. The van der Waals surface area contributed by atoms with Crippen molar-refractivity contribution < 1.29 is 4.79 Å². The molecule has 24 heavy (non-hydrogen) atoms. The topological polar surface area (TPSA) is 78.0 Å². The first-order valence-corrected chi connectivity index (χ1v) is 8.78. The zero-order valence-electron chi connectivity index (χ0n) is 13.7. The summed E-state index contributed by atoms with van der Waals surface area (Å²) in [5, 5.41) is 0.552. The van der Waals surface area contributed by atoms with Gasteiger partial charge in [-0.1, -0.05) is 44.2 Å². The highest BCUT2D eigenvalue weighted by Gasteiger charge is 2.24. The molecule has 3 rings (SSSR count). The first-order valence-electron chi connectivity index (χ1n) is 7.96. The van der Waals surface area contributed by atoms with E-state index >= 15 is 0 Å². The Morgan fingerprint density at radius 1 is 1.29 bits per heavy atom. The van der Waals surface area contributed by atoms with Gasteiger partial charge >= 0.3 is 0 Å². The highest BCUT2D eigenvalue weighted by atomic mass is 32.1. The van der Waals surface area contributed by atoms with Crippen LogP contribution in [-0.2, 0) is 11.2 Å². The van der Waals surface area contributed by atoms with E-state index in [4.69, 9.17) is 10.7 Å². The Kier molecular flexibility index (Phi) is 4.49. The number of carbonyl (C=O) groups excluding carboxylic acids is 1. The van der Waals surface area contributed by atoms with Gasteiger partial charge in [0.2, 0.25) is 5.91 Å². The smallest absolute Gasteiger partial charge is 0.263 e. The Balaban J connectivity index is 2.39. The van der Waals surface area contributed by atoms with E-state index in [2.05, 4.69) is 0 Å². The average Bonchev–Trinajstić information content (AvgIpc) is 3.01. The van der Waals surface area contributed by atoms with Gasteiger partial charge in [-0.05, 0) is 18.9 Å². The summed E-state index contributed by atoms with van der Waals surface area (Å²) < 4.78 is 1.45. The number of amides is 1. The lowest BCUT2D eigenvalue weighted by Gasteiger charge is -2.19. The van der Waals surface area contributed by atoms with Gasteiger partial charge in [0.1, 0.15) is 16.7 Å². The van der Waals surface area contributed by atoms with E-state index < -0.39 is 11.9 Å². The average molecular weight is 341 g/mol. The minimum Gasteiger partial charge on any atom is -0.368 e. The number of fused-ring (bicyclic) bond motifs is 1. The monoisotopic (exact) mass is 341 g/mol. The summed E-state index contributed by atoms with van der Waals surface area (Å²) in [6.45, 7) is 3.88. The molecule has 0 saturated heterocycles. The highest BCUT2D eigenvalue weighted by Crippen LogP contribution is 2.27. The van der Waals surface area contributed by atoms with Crippen molar-refractivity contribution in [2.24, 2.45) is 5.73 Å². The first-order chi connectivity index (χ1) is 11.6. The Hall–Kier alpha value is -2.47. The second-order valence-electron chi connectivity index (χ2n) is 5.59. The number of aromatic nitrogens is 2. The molecule has 1 amide bonds. The van der Waals surface area contributed by atoms with Crippen molar-refractivity contribution in [3.05, 3.63) is 51.6 Å². The van der Waals surface area contributed by atoms with Gasteiger partial charge in [-0.25, -0.2) is 4.98 Å². The van der Waals surface area contributed by atoms with E-state index in [1.54, 1.807) is 0 Å². The molecule has 1 atom stereocenters. The number of primary amides is 1. The molecule has 2 heterocycles. The number of benzene rings is 1. The van der Waals surface area contributed by atoms with Crippen LogP contribution in [0.4, 0.5) is 0 Å². The number of rotatable bonds is 5. The van der Waals surface area contributed by atoms with Crippen LogP contribution in [0, 0.1) is 0 Å². The van der Waals surface area contributed by atoms with Crippen molar-refractivity contribution in [2.75, 3.05) is 0 Å². The van der Waals surface area contributed by atoms with Gasteiger partial charge in [0.25, 0.3) is 5.56 Å². The fourth-order valence-corrected chi connectivity index (χ4v) is 3.77. The quantitative estimate of drug-likeness (QED) is 0.774. The van der Waals surface area contributed by atoms with Crippen LogP contribution in [0.2, 0.25) is 0 Å². The van der Waals surface area contributed by atoms with Crippen LogP contribution < -0.4 is 11.3 Å². The summed E-state index contributed by atoms with van der Waals surface area (Å²) in [4.78, 5) is 31.5. The molecule has 0 aliphatic carbocycles. The molecular weight excluding hydrogens is 322 g/mol. The highest BCUT2D eigenvalue weighted by molar-refractivity contribution is 7.18. The maximum atomic E-state index is 13.1. The normalized spacial score (nSPS) is 12.4. The molecule has 3 aromatic rings. The van der Waals surface area contributed by atoms with Gasteiger partial charge in [-0.3, -0.25) is 14.2 Å². The Bertz CT molecular complexity index is 944. The van der Waals surface area contributed by atoms with Gasteiger partial charge < -0.3 is 5.73 Å². The third kappa shape index (κ3) is 2.73. The summed E-state index contributed by atoms with van der Waals surface area (Å²) in [7, 11) is 0. The summed E-state index contributed by atoms with van der Waals surface area (Å²) in [6, 6.07) is 10.6. The molecule has 0 spiro atoms. The van der Waals surface area contributed by atoms with E-state index in [-0.39, 0.29) is 5.56 Å². The molecule has 2 N–H and O–H groups in total. The lowest BCUT2D eigenvalue weighted by molar-refractivity contribution is -0.121. The second-order valence-corrected chi connectivity index (χ2v) is 6.70. The Morgan fingerprint density at radius 3 is 2.58 bits per heavy atom. The lowest BCUT2D eigenvalue weighted by Crippen LogP contribution is -2.35. The third-order valence-electron chi connectivity index (χ3n) is 4.06. The zero-order valence-corrected chi connectivity index (χ0v) is 14.5. The fourth-order valence-electron chi connectivity index (χ4n) is 2.81. The Morgan fingerprint density at radius 2 is 2.00 bits per heavy atom. The van der Waals surface area contributed by atoms with E-state index in [0.29, 0.717) is 22.5 Å². The molecule has 1 unspecified atom stereocenters. The largest absolute Gasteiger partial charge is 0.368 e. The SMILES string of the molecule is CCc1cc2c(=O)n(C(CC)C(N)=O)c(-c3ccccc3)nc2s1. The number of aryl methyl sites for hydroxylation is 1. The van der Waals surface area contributed by atoms with Crippen molar-refractivity contribution in [3.8, 4) is 11.4 Å². The molecule has 0 aliphatic heterocycles. The number of carbonyl (C=O) groups is 1. The number of thiophene rings is 1. The van der Waals surface area contributed by atoms with Crippen LogP contribution in [0.3, 0.4) is 0 Å². The summed E-state index contributed by atoms with van der Waals surface area (Å²) >= 11 is 1.52. The summed E-state index contributed by atoms with van der Waals surface area (Å²) in [6.07, 6.45) is 1.28. The van der Waals surface area contributed by atoms with Crippen molar-refractivity contribution >= 4 is 27.5 Å². The van der Waals surface area contributed by atoms with Crippen molar-refractivity contribution in [1.29, 1.82) is 0 Å². The molecule has 2 aromatic heterocycles. The number of hydrogen-bond donors (Lipinski definition) is 1. The van der Waals surface area contributed by atoms with Gasteiger partial charge in [0.15, 0.2) is 0 Å². The van der Waals surface area contributed by atoms with Crippen LogP contribution >= 0.6 is 11.3 Å². The number of nitrogens with two attached hydrogens (primary N) is 1. The molecular formula is C18H19N3O2S. The van der Waals surface area contributed by atoms with E-state index in [0.717, 1.165) is 16.9 Å². The predicted octanol–water partition coefficient (Wildman–Crippen LogP) is 3.12. The van der Waals surface area contributed by atoms with Crippen LogP contribution in [0.5, 0.6) is 0 Å². The molecule has 6 heteroatoms. The van der Waals surface area contributed by atoms with E-state index in [1.165, 1.54) is 15.9 Å². The third-order valence-corrected chi connectivity index (χ3v) is 5.23. The zero-order chi connectivity index (χ0) is 17.3. The molecule has 124 valence electrons. The van der Waals surface area contributed by atoms with Gasteiger partial charge in [-0.15, -0.1) is 11.3 Å². The first kappa shape index (κ1) is 16.4. The predicted molar refractivity (Wildman–Crippen MR) is 97.2 cm³/mol. The molecule has 1 aromatic carbocycles. The summed E-state index contributed by atoms with van der Waals surface area (Å²) in [5.41, 5.74) is 6.13. The van der Waals surface area contributed by atoms with Crippen LogP contribution in [-0.4, -0.2) is 15.5 Å². The Labute approximate surface area is 143 Å². The fraction of sp³-hybridized carbons (Fsp3) is 0.278. The van der Waals surface area contributed by atoms with Crippen molar-refractivity contribution in [3.63, 3.8) is 0 Å². The standard InChI is InChI=1S/C18H19N3O2S/c1-3-12-10-13-17(24-12)20-16(11-8-6-5-7-9-11)21(18(13)23)14(4-2)15(19)22/h5-10,14H,3-4H2,1-2H3,(H2,19,22). The maximum absolute atomic E-state index is 13.1. The number of nitrogens with zero attached hydrogens (tertiary/aromatic N) is 2. The minimum atomic E-state index is -0.713. The molecule has 5 nitrogen and oxygen atoms in total. The van der Waals surface area contributed by atoms with Crippen LogP contribution in [0.1, 0.15) is 31.2 Å². The van der Waals surface area contributed by atoms with Gasteiger partial charge in [0, 0.05) is 10.4 Å². The molecule has 0 aliphatic rings. The van der Waals surface area contributed by atoms with Crippen molar-refractivity contribution in [2.45, 2.75) is 32.7 Å². The maximum Gasteiger partial charge on any atom is 0.263 e. The van der Waals surface area contributed by atoms with Gasteiger partial charge in [-0.2, -0.15) is 0 Å². The van der Waals surface area contributed by atoms with Gasteiger partial charge in [0.05, 0.1) is 5.39 Å².